The summed E-state index contributed by atoms with van der Waals surface area (Å²) in [6, 6.07) is 19.3. The quantitative estimate of drug-likeness (QED) is 0.465. The predicted octanol–water partition coefficient (Wildman–Crippen LogP) is 4.30. The summed E-state index contributed by atoms with van der Waals surface area (Å²) in [5, 5.41) is 13.0. The molecule has 2 N–H and O–H groups in total. The predicted molar refractivity (Wildman–Crippen MR) is 116 cm³/mol. The number of carbonyl (C=O) groups excluding carboxylic acids is 1. The Labute approximate surface area is 177 Å². The van der Waals surface area contributed by atoms with Crippen molar-refractivity contribution >= 4 is 34.5 Å². The number of amides is 1. The van der Waals surface area contributed by atoms with Crippen molar-refractivity contribution in [2.75, 3.05) is 11.9 Å². The van der Waals surface area contributed by atoms with E-state index in [0.717, 1.165) is 10.4 Å². The van der Waals surface area contributed by atoms with Crippen LogP contribution in [0.2, 0.25) is 5.02 Å². The van der Waals surface area contributed by atoms with Crippen LogP contribution in [0, 0.1) is 0 Å². The molecule has 4 aromatic rings. The Morgan fingerprint density at radius 3 is 2.72 bits per heavy atom. The van der Waals surface area contributed by atoms with Gasteiger partial charge in [0.25, 0.3) is 0 Å². The molecule has 0 aliphatic rings. The SMILES string of the molecule is O=C(CN[C@@H](c1ccccc1)c1cccs1)Nc1cc(Cl)ccc1-n1cncn1. The van der Waals surface area contributed by atoms with Crippen LogP contribution in [0.4, 0.5) is 5.69 Å². The van der Waals surface area contributed by atoms with Gasteiger partial charge in [0, 0.05) is 9.90 Å². The third-order valence-electron chi connectivity index (χ3n) is 4.33. The van der Waals surface area contributed by atoms with Gasteiger partial charge in [-0.1, -0.05) is 48.0 Å². The van der Waals surface area contributed by atoms with Crippen LogP contribution in [0.1, 0.15) is 16.5 Å². The van der Waals surface area contributed by atoms with Crippen molar-refractivity contribution < 1.29 is 4.79 Å². The van der Waals surface area contributed by atoms with E-state index >= 15 is 0 Å². The normalized spacial score (nSPS) is 11.9. The van der Waals surface area contributed by atoms with Crippen LogP contribution >= 0.6 is 22.9 Å². The zero-order valence-corrected chi connectivity index (χ0v) is 16.9. The minimum absolute atomic E-state index is 0.0592. The number of anilines is 1. The zero-order valence-electron chi connectivity index (χ0n) is 15.3. The first-order valence-corrected chi connectivity index (χ1v) is 10.2. The van der Waals surface area contributed by atoms with Crippen LogP contribution in [0.25, 0.3) is 5.69 Å². The summed E-state index contributed by atoms with van der Waals surface area (Å²) >= 11 is 7.78. The molecule has 0 unspecified atom stereocenters. The van der Waals surface area contributed by atoms with Crippen molar-refractivity contribution in [3.63, 3.8) is 0 Å². The molecule has 6 nitrogen and oxygen atoms in total. The van der Waals surface area contributed by atoms with E-state index in [9.17, 15) is 4.79 Å². The first kappa shape index (κ1) is 19.3. The van der Waals surface area contributed by atoms with Crippen LogP contribution in [0.15, 0.2) is 78.7 Å². The van der Waals surface area contributed by atoms with Gasteiger partial charge in [0.2, 0.25) is 5.91 Å². The maximum atomic E-state index is 12.7. The van der Waals surface area contributed by atoms with Gasteiger partial charge in [-0.25, -0.2) is 9.67 Å². The molecule has 0 saturated heterocycles. The lowest BCUT2D eigenvalue weighted by Gasteiger charge is -2.18. The Balaban J connectivity index is 1.49. The van der Waals surface area contributed by atoms with E-state index in [-0.39, 0.29) is 18.5 Å². The molecule has 0 radical (unpaired) electrons. The lowest BCUT2D eigenvalue weighted by Crippen LogP contribution is -2.31. The van der Waals surface area contributed by atoms with Crippen LogP contribution in [0.3, 0.4) is 0 Å². The number of rotatable bonds is 7. The standard InChI is InChI=1S/C21H18ClN5OS/c22-16-8-9-18(27-14-23-13-25-27)17(11-16)26-20(28)12-24-21(19-7-4-10-29-19)15-5-2-1-3-6-15/h1-11,13-14,21,24H,12H2,(H,26,28)/t21-/m0/s1. The summed E-state index contributed by atoms with van der Waals surface area (Å²) in [7, 11) is 0. The molecule has 2 heterocycles. The van der Waals surface area contributed by atoms with Gasteiger partial charge < -0.3 is 5.32 Å². The highest BCUT2D eigenvalue weighted by atomic mass is 35.5. The van der Waals surface area contributed by atoms with E-state index < -0.39 is 0 Å². The average molecular weight is 424 g/mol. The minimum atomic E-state index is -0.175. The van der Waals surface area contributed by atoms with Gasteiger partial charge in [0.15, 0.2) is 0 Å². The molecule has 2 aromatic carbocycles. The van der Waals surface area contributed by atoms with Gasteiger partial charge in [0.1, 0.15) is 12.7 Å². The second-order valence-electron chi connectivity index (χ2n) is 6.29. The molecule has 8 heteroatoms. The molecule has 146 valence electrons. The van der Waals surface area contributed by atoms with Crippen molar-refractivity contribution in [2.45, 2.75) is 6.04 Å². The molecule has 0 aliphatic heterocycles. The highest BCUT2D eigenvalue weighted by molar-refractivity contribution is 7.10. The summed E-state index contributed by atoms with van der Waals surface area (Å²) in [6.07, 6.45) is 3.01. The Morgan fingerprint density at radius 2 is 2.00 bits per heavy atom. The van der Waals surface area contributed by atoms with Crippen LogP contribution < -0.4 is 10.6 Å². The molecule has 1 amide bonds. The number of nitrogens with one attached hydrogen (secondary N) is 2. The first-order chi connectivity index (χ1) is 14.2. The molecule has 29 heavy (non-hydrogen) atoms. The summed E-state index contributed by atoms with van der Waals surface area (Å²) in [6.45, 7) is 0.140. The smallest absolute Gasteiger partial charge is 0.238 e. The molecule has 0 aliphatic carbocycles. The topological polar surface area (TPSA) is 71.8 Å². The molecule has 0 bridgehead atoms. The Kier molecular flexibility index (Phi) is 6.00. The average Bonchev–Trinajstić information content (AvgIpc) is 3.44. The molecule has 0 spiro atoms. The van der Waals surface area contributed by atoms with Gasteiger partial charge in [-0.2, -0.15) is 5.10 Å². The molecule has 0 saturated carbocycles. The Morgan fingerprint density at radius 1 is 1.14 bits per heavy atom. The van der Waals surface area contributed by atoms with E-state index in [1.54, 1.807) is 40.5 Å². The van der Waals surface area contributed by atoms with E-state index in [1.165, 1.54) is 6.33 Å². The number of nitrogens with zero attached hydrogens (tertiary/aromatic N) is 3. The second kappa shape index (κ2) is 9.00. The summed E-state index contributed by atoms with van der Waals surface area (Å²) < 4.78 is 1.58. The van der Waals surface area contributed by atoms with Gasteiger partial charge >= 0.3 is 0 Å². The molecule has 0 fully saturated rings. The van der Waals surface area contributed by atoms with Crippen LogP contribution in [-0.2, 0) is 4.79 Å². The maximum Gasteiger partial charge on any atom is 0.238 e. The summed E-state index contributed by atoms with van der Waals surface area (Å²) in [5.74, 6) is -0.175. The second-order valence-corrected chi connectivity index (χ2v) is 7.71. The molecule has 2 aromatic heterocycles. The molecule has 1 atom stereocenters. The minimum Gasteiger partial charge on any atom is -0.323 e. The largest absolute Gasteiger partial charge is 0.323 e. The van der Waals surface area contributed by atoms with E-state index in [2.05, 4.69) is 38.9 Å². The fourth-order valence-corrected chi connectivity index (χ4v) is 4.01. The van der Waals surface area contributed by atoms with Crippen molar-refractivity contribution in [1.82, 2.24) is 20.1 Å². The van der Waals surface area contributed by atoms with Gasteiger partial charge in [-0.15, -0.1) is 11.3 Å². The van der Waals surface area contributed by atoms with Crippen LogP contribution in [0.5, 0.6) is 0 Å². The number of thiophene rings is 1. The summed E-state index contributed by atoms with van der Waals surface area (Å²) in [4.78, 5) is 17.8. The van der Waals surface area contributed by atoms with Crippen molar-refractivity contribution in [3.8, 4) is 5.69 Å². The third-order valence-corrected chi connectivity index (χ3v) is 5.50. The van der Waals surface area contributed by atoms with Gasteiger partial charge in [-0.3, -0.25) is 10.1 Å². The van der Waals surface area contributed by atoms with Crippen LogP contribution in [-0.4, -0.2) is 27.2 Å². The number of aromatic nitrogens is 3. The van der Waals surface area contributed by atoms with E-state index in [0.29, 0.717) is 16.4 Å². The maximum absolute atomic E-state index is 12.7. The van der Waals surface area contributed by atoms with Crippen molar-refractivity contribution in [3.05, 3.63) is 94.2 Å². The van der Waals surface area contributed by atoms with E-state index in [1.807, 2.05) is 29.6 Å². The third kappa shape index (κ3) is 4.71. The lowest BCUT2D eigenvalue weighted by molar-refractivity contribution is -0.115. The van der Waals surface area contributed by atoms with Crippen molar-refractivity contribution in [1.29, 1.82) is 0 Å². The van der Waals surface area contributed by atoms with Gasteiger partial charge in [-0.05, 0) is 35.2 Å². The fourth-order valence-electron chi connectivity index (χ4n) is 3.01. The highest BCUT2D eigenvalue weighted by Crippen LogP contribution is 2.26. The number of carbonyl (C=O) groups is 1. The first-order valence-electron chi connectivity index (χ1n) is 8.97. The van der Waals surface area contributed by atoms with Gasteiger partial charge in [0.05, 0.1) is 24.0 Å². The molecule has 4 rings (SSSR count). The highest BCUT2D eigenvalue weighted by Gasteiger charge is 2.17. The fraction of sp³-hybridized carbons (Fsp3) is 0.0952. The summed E-state index contributed by atoms with van der Waals surface area (Å²) in [5.41, 5.74) is 2.37. The number of hydrogen-bond donors (Lipinski definition) is 2. The van der Waals surface area contributed by atoms with E-state index in [4.69, 9.17) is 11.6 Å². The number of benzene rings is 2. The number of hydrogen-bond acceptors (Lipinski definition) is 5. The molecular formula is C21H18ClN5OS. The number of halogens is 1. The molecular weight excluding hydrogens is 406 g/mol. The Hall–Kier alpha value is -3.00. The zero-order chi connectivity index (χ0) is 20.1. The lowest BCUT2D eigenvalue weighted by atomic mass is 10.1. The monoisotopic (exact) mass is 423 g/mol. The van der Waals surface area contributed by atoms with Crippen molar-refractivity contribution in [2.24, 2.45) is 0 Å². The Bertz CT molecular complexity index is 1070.